The second-order valence-corrected chi connectivity index (χ2v) is 3.70. The van der Waals surface area contributed by atoms with E-state index in [0.717, 1.165) is 4.88 Å². The average Bonchev–Trinajstić information content (AvgIpc) is 2.63. The molecule has 0 saturated carbocycles. The fourth-order valence-electron chi connectivity index (χ4n) is 0.922. The number of carbonyl (C=O) groups is 1. The lowest BCUT2D eigenvalue weighted by Crippen LogP contribution is -2.21. The number of hydrogen-bond acceptors (Lipinski definition) is 4. The fourth-order valence-corrected chi connectivity index (χ4v) is 1.68. The van der Waals surface area contributed by atoms with E-state index in [0.29, 0.717) is 10.8 Å². The first-order valence-electron chi connectivity index (χ1n) is 3.48. The maximum Gasteiger partial charge on any atom is 0.273 e. The van der Waals surface area contributed by atoms with Gasteiger partial charge in [0.2, 0.25) is 0 Å². The minimum absolute atomic E-state index is 0.196. The lowest BCUT2D eigenvalue weighted by molar-refractivity contribution is -0.115. The third-order valence-corrected chi connectivity index (χ3v) is 2.38. The molecule has 0 bridgehead atoms. The van der Waals surface area contributed by atoms with Crippen LogP contribution in [0.15, 0.2) is 17.4 Å². The van der Waals surface area contributed by atoms with Gasteiger partial charge in [-0.25, -0.2) is 0 Å². The summed E-state index contributed by atoms with van der Waals surface area (Å²) in [6.07, 6.45) is 3.40. The Morgan fingerprint density at radius 1 is 1.54 bits per heavy atom. The molecule has 1 aliphatic rings. The minimum atomic E-state index is -0.196. The first-order valence-corrected chi connectivity index (χ1v) is 4.77. The van der Waals surface area contributed by atoms with E-state index in [2.05, 4.69) is 15.6 Å². The molecule has 0 radical (unpaired) electrons. The van der Waals surface area contributed by atoms with Crippen molar-refractivity contribution in [3.63, 3.8) is 0 Å². The first-order chi connectivity index (χ1) is 6.25. The number of aromatic nitrogens is 1. The lowest BCUT2D eigenvalue weighted by Gasteiger charge is -1.90. The van der Waals surface area contributed by atoms with Gasteiger partial charge in [-0.3, -0.25) is 15.1 Å². The van der Waals surface area contributed by atoms with Crippen LogP contribution in [0.1, 0.15) is 4.88 Å². The monoisotopic (exact) mass is 211 g/mol. The maximum absolute atomic E-state index is 11.2. The Balaban J connectivity index is 2.27. The zero-order valence-corrected chi connectivity index (χ0v) is 8.04. The van der Waals surface area contributed by atoms with Crippen LogP contribution < -0.4 is 10.6 Å². The molecule has 0 spiro atoms. The Hall–Kier alpha value is -1.27. The van der Waals surface area contributed by atoms with Gasteiger partial charge >= 0.3 is 0 Å². The van der Waals surface area contributed by atoms with Crippen molar-refractivity contribution >= 4 is 40.7 Å². The number of thiocarbonyl (C=S) groups is 1. The molecule has 0 atom stereocenters. The predicted octanol–water partition coefficient (Wildman–Crippen LogP) is 0.488. The summed E-state index contributed by atoms with van der Waals surface area (Å²) >= 11 is 6.23. The Morgan fingerprint density at radius 2 is 2.38 bits per heavy atom. The molecular formula is C7H5N3OS2. The van der Waals surface area contributed by atoms with Crippen LogP contribution in [0.2, 0.25) is 0 Å². The molecule has 6 heteroatoms. The number of rotatable bonds is 1. The van der Waals surface area contributed by atoms with E-state index >= 15 is 0 Å². The van der Waals surface area contributed by atoms with Gasteiger partial charge < -0.3 is 5.32 Å². The van der Waals surface area contributed by atoms with Crippen LogP contribution in [0.4, 0.5) is 0 Å². The second-order valence-electron chi connectivity index (χ2n) is 2.37. The summed E-state index contributed by atoms with van der Waals surface area (Å²) in [4.78, 5) is 16.0. The molecule has 1 aromatic rings. The fraction of sp³-hybridized carbons (Fsp3) is 0. The van der Waals surface area contributed by atoms with Gasteiger partial charge in [-0.2, -0.15) is 0 Å². The topological polar surface area (TPSA) is 54.0 Å². The van der Waals surface area contributed by atoms with Crippen LogP contribution >= 0.6 is 23.6 Å². The highest BCUT2D eigenvalue weighted by atomic mass is 32.1. The van der Waals surface area contributed by atoms with Crippen LogP contribution in [0, 0.1) is 0 Å². The van der Waals surface area contributed by atoms with Gasteiger partial charge in [0.05, 0.1) is 5.51 Å². The molecule has 13 heavy (non-hydrogen) atoms. The molecule has 1 aliphatic heterocycles. The van der Waals surface area contributed by atoms with Crippen LogP contribution in [0.25, 0.3) is 6.08 Å². The van der Waals surface area contributed by atoms with Gasteiger partial charge in [-0.1, -0.05) is 0 Å². The van der Waals surface area contributed by atoms with Gasteiger partial charge in [-0.05, 0) is 18.3 Å². The van der Waals surface area contributed by atoms with Crippen molar-refractivity contribution in [2.24, 2.45) is 0 Å². The summed E-state index contributed by atoms with van der Waals surface area (Å²) in [5, 5.41) is 5.58. The number of thiazole rings is 1. The van der Waals surface area contributed by atoms with Crippen LogP contribution in [-0.2, 0) is 4.79 Å². The van der Waals surface area contributed by atoms with Crippen molar-refractivity contribution in [2.45, 2.75) is 0 Å². The van der Waals surface area contributed by atoms with Gasteiger partial charge in [0.1, 0.15) is 5.70 Å². The summed E-state index contributed by atoms with van der Waals surface area (Å²) in [6, 6.07) is 0. The number of amides is 1. The Kier molecular flexibility index (Phi) is 2.07. The third kappa shape index (κ3) is 1.73. The highest BCUT2D eigenvalue weighted by Crippen LogP contribution is 2.11. The van der Waals surface area contributed by atoms with Crippen LogP contribution in [-0.4, -0.2) is 16.0 Å². The van der Waals surface area contributed by atoms with Crippen LogP contribution in [0.5, 0.6) is 0 Å². The van der Waals surface area contributed by atoms with E-state index in [1.807, 2.05) is 0 Å². The highest BCUT2D eigenvalue weighted by Gasteiger charge is 2.19. The molecule has 2 rings (SSSR count). The summed E-state index contributed by atoms with van der Waals surface area (Å²) in [5.74, 6) is -0.196. The molecule has 0 aliphatic carbocycles. The molecule has 0 unspecified atom stereocenters. The molecular weight excluding hydrogens is 206 g/mol. The molecule has 4 nitrogen and oxygen atoms in total. The van der Waals surface area contributed by atoms with E-state index < -0.39 is 0 Å². The number of hydrogen-bond donors (Lipinski definition) is 2. The summed E-state index contributed by atoms with van der Waals surface area (Å²) in [6.45, 7) is 0. The molecule has 1 saturated heterocycles. The molecule has 2 heterocycles. The maximum atomic E-state index is 11.2. The number of nitrogens with zero attached hydrogens (tertiary/aromatic N) is 1. The van der Waals surface area contributed by atoms with Crippen molar-refractivity contribution in [1.82, 2.24) is 15.6 Å². The largest absolute Gasteiger partial charge is 0.328 e. The van der Waals surface area contributed by atoms with Crippen molar-refractivity contribution in [2.75, 3.05) is 0 Å². The molecule has 1 amide bonds. The standard InChI is InChI=1S/C7H5N3OS2/c11-6-5(9-7(12)10-6)1-4-2-8-3-13-4/h1-3H,(H2,9,10,11,12)/b5-1-. The second kappa shape index (κ2) is 3.23. The van der Waals surface area contributed by atoms with Gasteiger partial charge in [-0.15, -0.1) is 11.3 Å². The van der Waals surface area contributed by atoms with E-state index in [4.69, 9.17) is 12.2 Å². The van der Waals surface area contributed by atoms with Crippen molar-refractivity contribution in [3.8, 4) is 0 Å². The summed E-state index contributed by atoms with van der Waals surface area (Å²) < 4.78 is 0. The average molecular weight is 211 g/mol. The predicted molar refractivity (Wildman–Crippen MR) is 54.0 cm³/mol. The normalized spacial score (nSPS) is 18.9. The van der Waals surface area contributed by atoms with Crippen LogP contribution in [0.3, 0.4) is 0 Å². The van der Waals surface area contributed by atoms with Gasteiger partial charge in [0.25, 0.3) is 5.91 Å². The smallest absolute Gasteiger partial charge is 0.273 e. The minimum Gasteiger partial charge on any atom is -0.328 e. The number of nitrogens with one attached hydrogen (secondary N) is 2. The third-order valence-electron chi connectivity index (χ3n) is 1.46. The first kappa shape index (κ1) is 8.33. The molecule has 66 valence electrons. The zero-order chi connectivity index (χ0) is 9.26. The van der Waals surface area contributed by atoms with Gasteiger partial charge in [0.15, 0.2) is 5.11 Å². The SMILES string of the molecule is O=C1NC(=S)N/C1=C\c1cncs1. The lowest BCUT2D eigenvalue weighted by atomic mass is 10.4. The van der Waals surface area contributed by atoms with E-state index in [1.165, 1.54) is 11.3 Å². The van der Waals surface area contributed by atoms with Crippen molar-refractivity contribution < 1.29 is 4.79 Å². The van der Waals surface area contributed by atoms with E-state index in [-0.39, 0.29) is 5.91 Å². The highest BCUT2D eigenvalue weighted by molar-refractivity contribution is 7.80. The summed E-state index contributed by atoms with van der Waals surface area (Å²) in [7, 11) is 0. The van der Waals surface area contributed by atoms with Crippen molar-refractivity contribution in [1.29, 1.82) is 0 Å². The molecule has 0 aromatic carbocycles. The Labute approximate surface area is 83.7 Å². The van der Waals surface area contributed by atoms with E-state index in [1.54, 1.807) is 17.8 Å². The Bertz CT molecular complexity index is 382. The number of carbonyl (C=O) groups excluding carboxylic acids is 1. The van der Waals surface area contributed by atoms with E-state index in [9.17, 15) is 4.79 Å². The van der Waals surface area contributed by atoms with Crippen molar-refractivity contribution in [3.05, 3.63) is 22.3 Å². The molecule has 1 fully saturated rings. The quantitative estimate of drug-likeness (QED) is 0.524. The zero-order valence-electron chi connectivity index (χ0n) is 6.40. The van der Waals surface area contributed by atoms with Gasteiger partial charge in [0, 0.05) is 11.1 Å². The Morgan fingerprint density at radius 3 is 2.92 bits per heavy atom. The summed E-state index contributed by atoms with van der Waals surface area (Å²) in [5.41, 5.74) is 2.17. The molecule has 1 aromatic heterocycles. The molecule has 2 N–H and O–H groups in total.